The number of aryl methyl sites for hydroxylation is 1. The number of hydrogen-bond acceptors (Lipinski definition) is 3. The van der Waals surface area contributed by atoms with Gasteiger partial charge in [0.1, 0.15) is 0 Å². The maximum Gasteiger partial charge on any atom is 0.162 e. The summed E-state index contributed by atoms with van der Waals surface area (Å²) in [5, 5.41) is 7.11. The van der Waals surface area contributed by atoms with Crippen molar-refractivity contribution in [3.05, 3.63) is 23.6 Å². The monoisotopic (exact) mass is 164 g/mol. The van der Waals surface area contributed by atoms with Crippen molar-refractivity contribution >= 4 is 5.57 Å². The highest BCUT2D eigenvalue weighted by Gasteiger charge is 2.09. The number of nitrogens with one attached hydrogen (secondary N) is 1. The Hall–Kier alpha value is -1.09. The largest absolute Gasteiger partial charge is 0.356 e. The van der Waals surface area contributed by atoms with Gasteiger partial charge in [-0.3, -0.25) is 0 Å². The SMILES string of the molecule is Cc1cc(C2=CCNCC2)on1. The molecule has 64 valence electrons. The fraction of sp³-hybridized carbons (Fsp3) is 0.444. The molecule has 3 heteroatoms. The van der Waals surface area contributed by atoms with Crippen molar-refractivity contribution in [2.45, 2.75) is 13.3 Å². The van der Waals surface area contributed by atoms with Crippen LogP contribution in [-0.2, 0) is 0 Å². The van der Waals surface area contributed by atoms with Crippen molar-refractivity contribution in [3.63, 3.8) is 0 Å². The highest BCUT2D eigenvalue weighted by atomic mass is 16.5. The van der Waals surface area contributed by atoms with Gasteiger partial charge in [-0.1, -0.05) is 11.2 Å². The van der Waals surface area contributed by atoms with Crippen LogP contribution in [0.25, 0.3) is 5.57 Å². The standard InChI is InChI=1S/C9H12N2O/c1-7-6-9(12-11-7)8-2-4-10-5-3-8/h2,6,10H,3-5H2,1H3. The van der Waals surface area contributed by atoms with Crippen molar-refractivity contribution in [1.82, 2.24) is 10.5 Å². The topological polar surface area (TPSA) is 38.1 Å². The van der Waals surface area contributed by atoms with Gasteiger partial charge in [0.05, 0.1) is 5.69 Å². The van der Waals surface area contributed by atoms with E-state index >= 15 is 0 Å². The predicted octanol–water partition coefficient (Wildman–Crippen LogP) is 1.36. The molecule has 0 atom stereocenters. The van der Waals surface area contributed by atoms with Crippen LogP contribution in [0.5, 0.6) is 0 Å². The third-order valence-corrected chi connectivity index (χ3v) is 2.01. The van der Waals surface area contributed by atoms with E-state index in [4.69, 9.17) is 4.52 Å². The second-order valence-electron chi connectivity index (χ2n) is 3.02. The van der Waals surface area contributed by atoms with E-state index in [1.165, 1.54) is 5.57 Å². The quantitative estimate of drug-likeness (QED) is 0.681. The van der Waals surface area contributed by atoms with E-state index in [1.807, 2.05) is 13.0 Å². The van der Waals surface area contributed by atoms with Crippen molar-refractivity contribution < 1.29 is 4.52 Å². The summed E-state index contributed by atoms with van der Waals surface area (Å²) in [6.45, 7) is 3.91. The molecule has 2 rings (SSSR count). The lowest BCUT2D eigenvalue weighted by Gasteiger charge is -2.10. The Kier molecular flexibility index (Phi) is 1.96. The van der Waals surface area contributed by atoms with Crippen LogP contribution in [0.4, 0.5) is 0 Å². The predicted molar refractivity (Wildman–Crippen MR) is 46.7 cm³/mol. The van der Waals surface area contributed by atoms with E-state index in [0.29, 0.717) is 0 Å². The van der Waals surface area contributed by atoms with E-state index in [9.17, 15) is 0 Å². The zero-order valence-electron chi connectivity index (χ0n) is 7.13. The summed E-state index contributed by atoms with van der Waals surface area (Å²) >= 11 is 0. The lowest BCUT2D eigenvalue weighted by molar-refractivity contribution is 0.403. The summed E-state index contributed by atoms with van der Waals surface area (Å²) in [6, 6.07) is 1.98. The normalized spacial score (nSPS) is 17.6. The highest BCUT2D eigenvalue weighted by Crippen LogP contribution is 2.19. The zero-order valence-corrected chi connectivity index (χ0v) is 7.13. The molecule has 1 aromatic rings. The molecule has 0 aromatic carbocycles. The van der Waals surface area contributed by atoms with Crippen LogP contribution in [0.1, 0.15) is 17.9 Å². The Morgan fingerprint density at radius 2 is 2.50 bits per heavy atom. The van der Waals surface area contributed by atoms with E-state index in [1.54, 1.807) is 0 Å². The maximum atomic E-state index is 5.16. The van der Waals surface area contributed by atoms with Crippen molar-refractivity contribution in [2.24, 2.45) is 0 Å². The van der Waals surface area contributed by atoms with Gasteiger partial charge in [-0.05, 0) is 25.5 Å². The smallest absolute Gasteiger partial charge is 0.162 e. The Balaban J connectivity index is 2.23. The summed E-state index contributed by atoms with van der Waals surface area (Å²) in [7, 11) is 0. The van der Waals surface area contributed by atoms with Crippen molar-refractivity contribution in [1.29, 1.82) is 0 Å². The van der Waals surface area contributed by atoms with E-state index < -0.39 is 0 Å². The summed E-state index contributed by atoms with van der Waals surface area (Å²) in [4.78, 5) is 0. The van der Waals surface area contributed by atoms with Gasteiger partial charge in [-0.15, -0.1) is 0 Å². The minimum Gasteiger partial charge on any atom is -0.356 e. The van der Waals surface area contributed by atoms with E-state index in [-0.39, 0.29) is 0 Å². The lowest BCUT2D eigenvalue weighted by Crippen LogP contribution is -2.19. The minimum absolute atomic E-state index is 0.925. The number of aromatic nitrogens is 1. The van der Waals surface area contributed by atoms with Crippen LogP contribution in [0.15, 0.2) is 16.7 Å². The third kappa shape index (κ3) is 1.41. The molecule has 0 aliphatic carbocycles. The van der Waals surface area contributed by atoms with Gasteiger partial charge < -0.3 is 9.84 Å². The molecule has 1 aliphatic heterocycles. The minimum atomic E-state index is 0.925. The highest BCUT2D eigenvalue weighted by molar-refractivity contribution is 5.62. The molecule has 0 bridgehead atoms. The van der Waals surface area contributed by atoms with Crippen LogP contribution >= 0.6 is 0 Å². The fourth-order valence-corrected chi connectivity index (χ4v) is 1.36. The first-order chi connectivity index (χ1) is 5.86. The summed E-state index contributed by atoms with van der Waals surface area (Å²) < 4.78 is 5.16. The lowest BCUT2D eigenvalue weighted by atomic mass is 10.1. The molecule has 1 aliphatic rings. The van der Waals surface area contributed by atoms with Crippen molar-refractivity contribution in [3.8, 4) is 0 Å². The Morgan fingerprint density at radius 1 is 1.58 bits per heavy atom. The van der Waals surface area contributed by atoms with Crippen molar-refractivity contribution in [2.75, 3.05) is 13.1 Å². The molecular weight excluding hydrogens is 152 g/mol. The summed E-state index contributed by atoms with van der Waals surface area (Å²) in [5.41, 5.74) is 2.22. The third-order valence-electron chi connectivity index (χ3n) is 2.01. The van der Waals surface area contributed by atoms with Crippen LogP contribution in [0.2, 0.25) is 0 Å². The van der Waals surface area contributed by atoms with Gasteiger partial charge in [0.2, 0.25) is 0 Å². The average molecular weight is 164 g/mol. The number of rotatable bonds is 1. The molecule has 0 amide bonds. The first-order valence-corrected chi connectivity index (χ1v) is 4.20. The average Bonchev–Trinajstić information content (AvgIpc) is 2.54. The first-order valence-electron chi connectivity index (χ1n) is 4.20. The van der Waals surface area contributed by atoms with Crippen LogP contribution < -0.4 is 5.32 Å². The summed E-state index contributed by atoms with van der Waals surface area (Å²) in [6.07, 6.45) is 3.19. The van der Waals surface area contributed by atoms with Crippen LogP contribution in [0.3, 0.4) is 0 Å². The molecule has 12 heavy (non-hydrogen) atoms. The maximum absolute atomic E-state index is 5.16. The van der Waals surface area contributed by atoms with Gasteiger partial charge in [0.25, 0.3) is 0 Å². The second-order valence-corrected chi connectivity index (χ2v) is 3.02. The Labute approximate surface area is 71.4 Å². The van der Waals surface area contributed by atoms with Gasteiger partial charge in [-0.2, -0.15) is 0 Å². The van der Waals surface area contributed by atoms with Crippen LogP contribution in [-0.4, -0.2) is 18.2 Å². The molecule has 0 radical (unpaired) electrons. The molecule has 1 N–H and O–H groups in total. The molecule has 0 unspecified atom stereocenters. The van der Waals surface area contributed by atoms with Gasteiger partial charge in [0, 0.05) is 12.6 Å². The molecule has 0 saturated carbocycles. The first kappa shape index (κ1) is 7.55. The molecular formula is C9H12N2O. The molecule has 0 spiro atoms. The van der Waals surface area contributed by atoms with E-state index in [2.05, 4.69) is 16.5 Å². The van der Waals surface area contributed by atoms with Gasteiger partial charge >= 0.3 is 0 Å². The Bertz CT molecular complexity index is 301. The fourth-order valence-electron chi connectivity index (χ4n) is 1.36. The zero-order chi connectivity index (χ0) is 8.39. The second kappa shape index (κ2) is 3.11. The van der Waals surface area contributed by atoms with Crippen LogP contribution in [0, 0.1) is 6.92 Å². The molecule has 1 aromatic heterocycles. The Morgan fingerprint density at radius 3 is 3.08 bits per heavy atom. The van der Waals surface area contributed by atoms with Gasteiger partial charge in [-0.25, -0.2) is 0 Å². The molecule has 3 nitrogen and oxygen atoms in total. The molecule has 0 saturated heterocycles. The van der Waals surface area contributed by atoms with E-state index in [0.717, 1.165) is 31.0 Å². The molecule has 2 heterocycles. The summed E-state index contributed by atoms with van der Waals surface area (Å²) in [5.74, 6) is 0.925. The molecule has 0 fully saturated rings. The number of hydrogen-bond donors (Lipinski definition) is 1. The van der Waals surface area contributed by atoms with Gasteiger partial charge in [0.15, 0.2) is 5.76 Å². The number of nitrogens with zero attached hydrogens (tertiary/aromatic N) is 1.